The summed E-state index contributed by atoms with van der Waals surface area (Å²) in [6, 6.07) is 1.21. The zero-order valence-electron chi connectivity index (χ0n) is 16.5. The maximum atomic E-state index is 13.8. The molecule has 0 saturated carbocycles. The van der Waals surface area contributed by atoms with Gasteiger partial charge in [0.1, 0.15) is 0 Å². The molecule has 0 atom stereocenters. The van der Waals surface area contributed by atoms with Crippen molar-refractivity contribution in [3.63, 3.8) is 0 Å². The second-order valence-electron chi connectivity index (χ2n) is 6.93. The van der Waals surface area contributed by atoms with Crippen LogP contribution in [0.1, 0.15) is 0 Å². The minimum absolute atomic E-state index is 0.0398. The van der Waals surface area contributed by atoms with Crippen LogP contribution in [-0.2, 0) is 0 Å². The lowest BCUT2D eigenvalue weighted by Gasteiger charge is -2.43. The average Bonchev–Trinajstić information content (AvgIpc) is 2.68. The predicted octanol–water partition coefficient (Wildman–Crippen LogP) is 6.83. The summed E-state index contributed by atoms with van der Waals surface area (Å²) in [5, 5.41) is 0. The van der Waals surface area contributed by atoms with Gasteiger partial charge in [-0.2, -0.15) is 83.4 Å². The highest BCUT2D eigenvalue weighted by Gasteiger charge is 2.97. The number of halogens is 19. The number of nitrogens with two attached hydrogens (primary N) is 2. The van der Waals surface area contributed by atoms with E-state index >= 15 is 0 Å². The van der Waals surface area contributed by atoms with Gasteiger partial charge in [0.2, 0.25) is 0 Å². The van der Waals surface area contributed by atoms with Crippen LogP contribution in [0.15, 0.2) is 18.2 Å². The monoisotopic (exact) mass is 592 g/mol. The summed E-state index contributed by atoms with van der Waals surface area (Å²) in [5.41, 5.74) is 8.00. The molecule has 0 aliphatic rings. The topological polar surface area (TPSA) is 61.3 Å². The van der Waals surface area contributed by atoms with E-state index in [1.165, 1.54) is 0 Å². The molecule has 0 radical (unpaired) electrons. The molecule has 0 fully saturated rings. The number of ether oxygens (including phenoxy) is 1. The van der Waals surface area contributed by atoms with Gasteiger partial charge in [0.25, 0.3) is 0 Å². The summed E-state index contributed by atoms with van der Waals surface area (Å²) >= 11 is 0. The molecule has 216 valence electrons. The summed E-state index contributed by atoms with van der Waals surface area (Å²) < 4.78 is 254. The number of hydrogen-bond acceptors (Lipinski definition) is 3. The molecule has 22 heteroatoms. The molecule has 0 amide bonds. The molecule has 1 aromatic rings. The van der Waals surface area contributed by atoms with Crippen molar-refractivity contribution in [3.05, 3.63) is 18.2 Å². The molecule has 3 nitrogen and oxygen atoms in total. The Hall–Kier alpha value is -2.71. The first-order valence-corrected chi connectivity index (χ1v) is 8.31. The van der Waals surface area contributed by atoms with Crippen molar-refractivity contribution in [3.8, 4) is 5.75 Å². The molecule has 0 aromatic heterocycles. The van der Waals surface area contributed by atoms with Crippen LogP contribution in [0.2, 0.25) is 0 Å². The third kappa shape index (κ3) is 4.28. The van der Waals surface area contributed by atoms with E-state index in [4.69, 9.17) is 11.5 Å². The Balaban J connectivity index is 3.70. The largest absolute Gasteiger partial charge is 0.471 e. The summed E-state index contributed by atoms with van der Waals surface area (Å²) in [4.78, 5) is 0. The molecule has 1 rings (SSSR count). The number of alkyl halides is 19. The number of anilines is 2. The predicted molar refractivity (Wildman–Crippen MR) is 81.5 cm³/mol. The van der Waals surface area contributed by atoms with Crippen molar-refractivity contribution in [2.24, 2.45) is 0 Å². The summed E-state index contributed by atoms with van der Waals surface area (Å²) in [6.07, 6.45) is -15.1. The lowest BCUT2D eigenvalue weighted by Crippen LogP contribution is -2.76. The fourth-order valence-corrected chi connectivity index (χ4v) is 2.19. The van der Waals surface area contributed by atoms with E-state index in [1.807, 2.05) is 0 Å². The van der Waals surface area contributed by atoms with Gasteiger partial charge in [-0.3, -0.25) is 0 Å². The minimum atomic E-state index is -9.00. The number of benzene rings is 1. The van der Waals surface area contributed by atoms with Crippen LogP contribution in [0.5, 0.6) is 5.75 Å². The van der Waals surface area contributed by atoms with Gasteiger partial charge in [0, 0.05) is 11.8 Å². The minimum Gasteiger partial charge on any atom is -0.426 e. The smallest absolute Gasteiger partial charge is 0.426 e. The highest BCUT2D eigenvalue weighted by Crippen LogP contribution is 2.65. The van der Waals surface area contributed by atoms with Gasteiger partial charge in [-0.05, 0) is 12.1 Å². The number of rotatable bonds is 9. The van der Waals surface area contributed by atoms with Gasteiger partial charge in [-0.1, -0.05) is 0 Å². The van der Waals surface area contributed by atoms with Crippen molar-refractivity contribution in [2.45, 2.75) is 53.7 Å². The fraction of sp³-hybridized carbons (Fsp3) is 0.600. The second kappa shape index (κ2) is 8.40. The van der Waals surface area contributed by atoms with Gasteiger partial charge in [0.15, 0.2) is 5.75 Å². The van der Waals surface area contributed by atoms with Crippen LogP contribution in [-0.4, -0.2) is 53.7 Å². The van der Waals surface area contributed by atoms with Crippen LogP contribution >= 0.6 is 0 Å². The molecule has 1 aromatic carbocycles. The van der Waals surface area contributed by atoms with Gasteiger partial charge in [0.05, 0.1) is 5.69 Å². The third-order valence-electron chi connectivity index (χ3n) is 4.36. The fourth-order valence-electron chi connectivity index (χ4n) is 2.19. The first kappa shape index (κ1) is 32.3. The molecule has 4 N–H and O–H groups in total. The molecule has 37 heavy (non-hydrogen) atoms. The van der Waals surface area contributed by atoms with Gasteiger partial charge < -0.3 is 16.2 Å². The molecule has 0 bridgehead atoms. The van der Waals surface area contributed by atoms with E-state index in [0.717, 1.165) is 6.07 Å². The van der Waals surface area contributed by atoms with E-state index < -0.39 is 70.9 Å². The van der Waals surface area contributed by atoms with Gasteiger partial charge >= 0.3 is 53.7 Å². The quantitative estimate of drug-likeness (QED) is 0.244. The van der Waals surface area contributed by atoms with E-state index in [2.05, 4.69) is 4.74 Å². The van der Waals surface area contributed by atoms with E-state index in [9.17, 15) is 83.4 Å². The Kier molecular flexibility index (Phi) is 7.34. The van der Waals surface area contributed by atoms with Crippen LogP contribution in [0.4, 0.5) is 94.8 Å². The zero-order chi connectivity index (χ0) is 30.1. The van der Waals surface area contributed by atoms with Crippen LogP contribution in [0, 0.1) is 0 Å². The maximum Gasteiger partial charge on any atom is 0.471 e. The molecule has 0 aliphatic heterocycles. The standard InChI is InChI=1S/C15H7F19N2O/c16-7(17,8(18,19)10(22,23)12(26,27)14(30,31)32)9(20,21)11(24,25)13(28,29)15(33,34)37-6-3-4(35)1-2-5(6)36/h1-3H,35-36H2. The van der Waals surface area contributed by atoms with Crippen LogP contribution in [0.25, 0.3) is 0 Å². The van der Waals surface area contributed by atoms with Crippen molar-refractivity contribution in [2.75, 3.05) is 11.5 Å². The zero-order valence-corrected chi connectivity index (χ0v) is 16.5. The molecular formula is C15H7F19N2O. The van der Waals surface area contributed by atoms with Crippen LogP contribution < -0.4 is 16.2 Å². The molecule has 0 aliphatic carbocycles. The number of nitrogen functional groups attached to an aromatic ring is 2. The lowest BCUT2D eigenvalue weighted by atomic mass is 9.88. The Morgan fingerprint density at radius 3 is 1.14 bits per heavy atom. The number of hydrogen-bond donors (Lipinski definition) is 2. The molecular weight excluding hydrogens is 585 g/mol. The summed E-state index contributed by atoms with van der Waals surface area (Å²) in [5.74, 6) is -62.6. The van der Waals surface area contributed by atoms with E-state index in [1.54, 1.807) is 0 Å². The van der Waals surface area contributed by atoms with Crippen molar-refractivity contribution < 1.29 is 88.2 Å². The summed E-state index contributed by atoms with van der Waals surface area (Å²) in [6.45, 7) is 0. The highest BCUT2D eigenvalue weighted by atomic mass is 19.4. The Bertz CT molecular complexity index is 1000. The van der Waals surface area contributed by atoms with Crippen molar-refractivity contribution in [1.29, 1.82) is 0 Å². The molecule has 0 spiro atoms. The normalized spacial score (nSPS) is 15.6. The Labute approximate surface area is 190 Å². The average molecular weight is 592 g/mol. The highest BCUT2D eigenvalue weighted by molar-refractivity contribution is 5.59. The summed E-state index contributed by atoms with van der Waals surface area (Å²) in [7, 11) is 0. The van der Waals surface area contributed by atoms with Crippen molar-refractivity contribution in [1.82, 2.24) is 0 Å². The van der Waals surface area contributed by atoms with Crippen molar-refractivity contribution >= 4 is 11.4 Å². The first-order valence-electron chi connectivity index (χ1n) is 8.31. The maximum absolute atomic E-state index is 13.8. The van der Waals surface area contributed by atoms with E-state index in [0.29, 0.717) is 6.07 Å². The molecule has 0 heterocycles. The van der Waals surface area contributed by atoms with Gasteiger partial charge in [-0.15, -0.1) is 0 Å². The molecule has 0 unspecified atom stereocenters. The Morgan fingerprint density at radius 1 is 0.459 bits per heavy atom. The van der Waals surface area contributed by atoms with Gasteiger partial charge in [-0.25, -0.2) is 0 Å². The second-order valence-corrected chi connectivity index (χ2v) is 6.93. The Morgan fingerprint density at radius 2 is 0.784 bits per heavy atom. The third-order valence-corrected chi connectivity index (χ3v) is 4.36. The molecule has 0 saturated heterocycles. The van der Waals surface area contributed by atoms with E-state index in [-0.39, 0.29) is 6.07 Å². The first-order chi connectivity index (χ1) is 15.9. The van der Waals surface area contributed by atoms with Crippen LogP contribution in [0.3, 0.4) is 0 Å². The SMILES string of the molecule is Nc1ccc(N)c(OC(F)(F)C(F)(F)C(F)(F)C(F)(F)C(F)(F)C(F)(F)C(F)(F)C(F)(F)C(F)(F)F)c1. The lowest BCUT2D eigenvalue weighted by molar-refractivity contribution is -0.476.